The highest BCUT2D eigenvalue weighted by atomic mass is 19.4. The van der Waals surface area contributed by atoms with Gasteiger partial charge in [-0.15, -0.1) is 0 Å². The monoisotopic (exact) mass is 210 g/mol. The number of carbonyl (C=O) groups is 1. The Morgan fingerprint density at radius 1 is 1.50 bits per heavy atom. The molecule has 0 aromatic rings. The molecule has 1 aliphatic heterocycles. The molecule has 1 heterocycles. The molecule has 82 valence electrons. The number of hydrogen-bond donors (Lipinski definition) is 2. The van der Waals surface area contributed by atoms with Crippen molar-refractivity contribution in [3.8, 4) is 0 Å². The zero-order valence-electron chi connectivity index (χ0n) is 7.87. The highest BCUT2D eigenvalue weighted by Crippen LogP contribution is 2.26. The van der Waals surface area contributed by atoms with Crippen molar-refractivity contribution in [1.82, 2.24) is 10.6 Å². The molecule has 14 heavy (non-hydrogen) atoms. The lowest BCUT2D eigenvalue weighted by atomic mass is 9.79. The summed E-state index contributed by atoms with van der Waals surface area (Å²) in [6.07, 6.45) is -4.01. The van der Waals surface area contributed by atoms with Gasteiger partial charge in [0.05, 0.1) is 0 Å². The third kappa shape index (κ3) is 2.37. The van der Waals surface area contributed by atoms with Gasteiger partial charge in [-0.1, -0.05) is 6.92 Å². The molecule has 1 amide bonds. The van der Waals surface area contributed by atoms with Gasteiger partial charge in [0.25, 0.3) is 0 Å². The summed E-state index contributed by atoms with van der Waals surface area (Å²) in [6.45, 7) is 3.33. The molecule has 6 heteroatoms. The van der Waals surface area contributed by atoms with Gasteiger partial charge in [0.15, 0.2) is 0 Å². The highest BCUT2D eigenvalue weighted by Gasteiger charge is 2.41. The van der Waals surface area contributed by atoms with Crippen LogP contribution in [0.2, 0.25) is 0 Å². The van der Waals surface area contributed by atoms with E-state index in [-0.39, 0.29) is 12.0 Å². The predicted molar refractivity (Wildman–Crippen MR) is 44.7 cm³/mol. The summed E-state index contributed by atoms with van der Waals surface area (Å²) >= 11 is 0. The number of hydrogen-bond acceptors (Lipinski definition) is 2. The summed E-state index contributed by atoms with van der Waals surface area (Å²) < 4.78 is 35.5. The van der Waals surface area contributed by atoms with Crippen molar-refractivity contribution in [3.05, 3.63) is 0 Å². The van der Waals surface area contributed by atoms with Crippen molar-refractivity contribution in [1.29, 1.82) is 0 Å². The number of amides is 1. The molecule has 1 fully saturated rings. The molecule has 0 atom stereocenters. The van der Waals surface area contributed by atoms with Crippen LogP contribution in [0.5, 0.6) is 0 Å². The standard InChI is InChI=1S/C8H13F3N2O/c1-2-7(3-12-4-7)5-13-6(14)8(9,10)11/h12H,2-5H2,1H3,(H,13,14). The van der Waals surface area contributed by atoms with Gasteiger partial charge in [-0.05, 0) is 6.42 Å². The smallest absolute Gasteiger partial charge is 0.348 e. The topological polar surface area (TPSA) is 41.1 Å². The first-order chi connectivity index (χ1) is 6.40. The van der Waals surface area contributed by atoms with Crippen molar-refractivity contribution in [2.24, 2.45) is 5.41 Å². The van der Waals surface area contributed by atoms with E-state index in [0.29, 0.717) is 13.1 Å². The molecule has 0 spiro atoms. The van der Waals surface area contributed by atoms with E-state index in [1.54, 1.807) is 0 Å². The lowest BCUT2D eigenvalue weighted by Gasteiger charge is -2.42. The molecular formula is C8H13F3N2O. The van der Waals surface area contributed by atoms with Crippen molar-refractivity contribution in [3.63, 3.8) is 0 Å². The molecule has 0 bridgehead atoms. The Labute approximate surface area is 80.0 Å². The zero-order chi connectivity index (χ0) is 10.8. The van der Waals surface area contributed by atoms with Crippen LogP contribution in [0.1, 0.15) is 13.3 Å². The first kappa shape index (κ1) is 11.3. The van der Waals surface area contributed by atoms with E-state index in [4.69, 9.17) is 0 Å². The van der Waals surface area contributed by atoms with Crippen LogP contribution in [0, 0.1) is 5.41 Å². The van der Waals surface area contributed by atoms with Crippen LogP contribution in [-0.2, 0) is 4.79 Å². The fourth-order valence-electron chi connectivity index (χ4n) is 1.35. The summed E-state index contributed by atoms with van der Waals surface area (Å²) in [6, 6.07) is 0. The number of alkyl halides is 3. The van der Waals surface area contributed by atoms with Crippen molar-refractivity contribution < 1.29 is 18.0 Å². The van der Waals surface area contributed by atoms with Gasteiger partial charge in [0.1, 0.15) is 0 Å². The Morgan fingerprint density at radius 2 is 2.07 bits per heavy atom. The summed E-state index contributed by atoms with van der Waals surface area (Å²) in [5, 5.41) is 4.90. The van der Waals surface area contributed by atoms with E-state index >= 15 is 0 Å². The van der Waals surface area contributed by atoms with Gasteiger partial charge in [0, 0.05) is 25.0 Å². The summed E-state index contributed by atoms with van der Waals surface area (Å²) in [4.78, 5) is 10.5. The predicted octanol–water partition coefficient (Wildman–Crippen LogP) is 0.664. The highest BCUT2D eigenvalue weighted by molar-refractivity contribution is 5.81. The van der Waals surface area contributed by atoms with Gasteiger partial charge in [-0.3, -0.25) is 4.79 Å². The largest absolute Gasteiger partial charge is 0.471 e. The molecule has 2 N–H and O–H groups in total. The van der Waals surface area contributed by atoms with Crippen LogP contribution in [-0.4, -0.2) is 31.7 Å². The Hall–Kier alpha value is -0.780. The average Bonchev–Trinajstić information content (AvgIpc) is 2.01. The molecule has 1 saturated heterocycles. The second-order valence-electron chi connectivity index (χ2n) is 3.64. The number of halogens is 3. The van der Waals surface area contributed by atoms with E-state index in [1.165, 1.54) is 0 Å². The van der Waals surface area contributed by atoms with Crippen LogP contribution in [0.15, 0.2) is 0 Å². The van der Waals surface area contributed by atoms with Crippen LogP contribution < -0.4 is 10.6 Å². The minimum Gasteiger partial charge on any atom is -0.348 e. The maximum Gasteiger partial charge on any atom is 0.471 e. The minimum atomic E-state index is -4.77. The molecule has 0 aromatic heterocycles. The van der Waals surface area contributed by atoms with Crippen LogP contribution in [0.3, 0.4) is 0 Å². The van der Waals surface area contributed by atoms with Crippen LogP contribution in [0.25, 0.3) is 0 Å². The molecule has 3 nitrogen and oxygen atoms in total. The Morgan fingerprint density at radius 3 is 2.36 bits per heavy atom. The van der Waals surface area contributed by atoms with Crippen LogP contribution in [0.4, 0.5) is 13.2 Å². The quantitative estimate of drug-likeness (QED) is 0.718. The Bertz CT molecular complexity index is 218. The summed E-state index contributed by atoms with van der Waals surface area (Å²) in [5.41, 5.74) is -0.180. The van der Waals surface area contributed by atoms with Gasteiger partial charge in [-0.25, -0.2) is 0 Å². The molecule has 0 unspecified atom stereocenters. The summed E-state index contributed by atoms with van der Waals surface area (Å²) in [7, 11) is 0. The lowest BCUT2D eigenvalue weighted by Crippen LogP contribution is -2.59. The van der Waals surface area contributed by atoms with Crippen molar-refractivity contribution in [2.75, 3.05) is 19.6 Å². The van der Waals surface area contributed by atoms with Gasteiger partial charge in [-0.2, -0.15) is 13.2 Å². The van der Waals surface area contributed by atoms with E-state index < -0.39 is 12.1 Å². The average molecular weight is 210 g/mol. The number of rotatable bonds is 3. The third-order valence-corrected chi connectivity index (χ3v) is 2.63. The first-order valence-corrected chi connectivity index (χ1v) is 4.45. The van der Waals surface area contributed by atoms with Gasteiger partial charge >= 0.3 is 12.1 Å². The number of carbonyl (C=O) groups excluding carboxylic acids is 1. The molecule has 0 radical (unpaired) electrons. The maximum absolute atomic E-state index is 11.8. The Balaban J connectivity index is 2.36. The molecule has 1 rings (SSSR count). The van der Waals surface area contributed by atoms with Gasteiger partial charge in [0.2, 0.25) is 0 Å². The third-order valence-electron chi connectivity index (χ3n) is 2.63. The van der Waals surface area contributed by atoms with E-state index in [9.17, 15) is 18.0 Å². The lowest BCUT2D eigenvalue weighted by molar-refractivity contribution is -0.174. The van der Waals surface area contributed by atoms with Crippen molar-refractivity contribution >= 4 is 5.91 Å². The first-order valence-electron chi connectivity index (χ1n) is 4.45. The molecule has 0 saturated carbocycles. The zero-order valence-corrected chi connectivity index (χ0v) is 7.87. The fraction of sp³-hybridized carbons (Fsp3) is 0.875. The van der Waals surface area contributed by atoms with Gasteiger partial charge < -0.3 is 10.6 Å². The number of nitrogens with one attached hydrogen (secondary N) is 2. The Kier molecular flexibility index (Phi) is 3.04. The molecule has 0 aliphatic carbocycles. The van der Waals surface area contributed by atoms with E-state index in [0.717, 1.165) is 6.42 Å². The SMILES string of the molecule is CCC1(CNC(=O)C(F)(F)F)CNC1. The molecule has 1 aliphatic rings. The maximum atomic E-state index is 11.8. The summed E-state index contributed by atoms with van der Waals surface area (Å²) in [5.74, 6) is -1.85. The molecule has 0 aromatic carbocycles. The fourth-order valence-corrected chi connectivity index (χ4v) is 1.35. The normalized spacial score (nSPS) is 20.0. The second kappa shape index (κ2) is 3.76. The van der Waals surface area contributed by atoms with Crippen molar-refractivity contribution in [2.45, 2.75) is 19.5 Å². The second-order valence-corrected chi connectivity index (χ2v) is 3.64. The minimum absolute atomic E-state index is 0.0921. The van der Waals surface area contributed by atoms with E-state index in [1.807, 2.05) is 12.2 Å². The van der Waals surface area contributed by atoms with E-state index in [2.05, 4.69) is 5.32 Å². The van der Waals surface area contributed by atoms with Crippen LogP contribution >= 0.6 is 0 Å². The molecular weight excluding hydrogens is 197 g/mol.